The zero-order valence-corrected chi connectivity index (χ0v) is 22.8. The third-order valence-corrected chi connectivity index (χ3v) is 9.00. The summed E-state index contributed by atoms with van der Waals surface area (Å²) in [6, 6.07) is 24.4. The molecule has 3 aromatic rings. The number of esters is 1. The minimum absolute atomic E-state index is 0.0907. The highest BCUT2D eigenvalue weighted by molar-refractivity contribution is 5.90. The van der Waals surface area contributed by atoms with Gasteiger partial charge in [0.15, 0.2) is 0 Å². The normalized spacial score (nSPS) is 22.0. The van der Waals surface area contributed by atoms with Gasteiger partial charge in [0, 0.05) is 16.9 Å². The van der Waals surface area contributed by atoms with Gasteiger partial charge in [-0.25, -0.2) is 0 Å². The molecular formula is C37H36O2. The van der Waals surface area contributed by atoms with Crippen molar-refractivity contribution in [3.8, 4) is 5.75 Å². The average Bonchev–Trinajstić information content (AvgIpc) is 3.47. The molecule has 0 radical (unpaired) electrons. The van der Waals surface area contributed by atoms with Gasteiger partial charge < -0.3 is 4.74 Å². The smallest absolute Gasteiger partial charge is 0.323 e. The molecular weight excluding hydrogens is 476 g/mol. The second-order valence-corrected chi connectivity index (χ2v) is 11.2. The summed E-state index contributed by atoms with van der Waals surface area (Å²) in [4.78, 5) is 13.0. The third kappa shape index (κ3) is 4.33. The van der Waals surface area contributed by atoms with Crippen molar-refractivity contribution in [2.75, 3.05) is 0 Å². The second kappa shape index (κ2) is 10.3. The first kappa shape index (κ1) is 25.4. The van der Waals surface area contributed by atoms with Gasteiger partial charge in [-0.2, -0.15) is 0 Å². The van der Waals surface area contributed by atoms with E-state index in [-0.39, 0.29) is 17.3 Å². The molecule has 0 saturated heterocycles. The van der Waals surface area contributed by atoms with Gasteiger partial charge in [0.05, 0.1) is 0 Å². The van der Waals surface area contributed by atoms with Crippen molar-refractivity contribution < 1.29 is 9.53 Å². The Hall–Kier alpha value is -3.91. The molecule has 2 aliphatic carbocycles. The number of carbonyl (C=O) groups is 1. The van der Waals surface area contributed by atoms with Crippen LogP contribution in [0.2, 0.25) is 0 Å². The lowest BCUT2D eigenvalue weighted by molar-refractivity contribution is -0.133. The van der Waals surface area contributed by atoms with Crippen LogP contribution in [-0.2, 0) is 16.6 Å². The Balaban J connectivity index is 1.47. The van der Waals surface area contributed by atoms with Gasteiger partial charge >= 0.3 is 5.97 Å². The van der Waals surface area contributed by atoms with E-state index in [4.69, 9.17) is 4.74 Å². The van der Waals surface area contributed by atoms with Crippen molar-refractivity contribution in [2.45, 2.75) is 62.7 Å². The first-order chi connectivity index (χ1) is 19.1. The Kier molecular flexibility index (Phi) is 6.73. The molecule has 6 rings (SSSR count). The summed E-state index contributed by atoms with van der Waals surface area (Å²) >= 11 is 0. The number of ether oxygens (including phenoxy) is 1. The summed E-state index contributed by atoms with van der Waals surface area (Å²) in [7, 11) is 0. The van der Waals surface area contributed by atoms with Crippen LogP contribution in [0.25, 0.3) is 0 Å². The van der Waals surface area contributed by atoms with Gasteiger partial charge in [0.2, 0.25) is 0 Å². The van der Waals surface area contributed by atoms with E-state index in [1.807, 2.05) is 31.2 Å². The maximum Gasteiger partial charge on any atom is 0.323 e. The van der Waals surface area contributed by atoms with Crippen LogP contribution in [0.4, 0.5) is 0 Å². The zero-order valence-electron chi connectivity index (χ0n) is 22.8. The molecule has 1 heterocycles. The van der Waals surface area contributed by atoms with Crippen LogP contribution in [-0.4, -0.2) is 5.97 Å². The van der Waals surface area contributed by atoms with E-state index in [1.54, 1.807) is 6.08 Å². The Morgan fingerprint density at radius 3 is 2.38 bits per heavy atom. The highest BCUT2D eigenvalue weighted by atomic mass is 16.5. The number of benzene rings is 3. The molecule has 0 spiro atoms. The molecule has 39 heavy (non-hydrogen) atoms. The van der Waals surface area contributed by atoms with Crippen LogP contribution in [0, 0.1) is 0 Å². The topological polar surface area (TPSA) is 26.3 Å². The van der Waals surface area contributed by atoms with E-state index >= 15 is 0 Å². The van der Waals surface area contributed by atoms with E-state index in [1.165, 1.54) is 52.7 Å². The lowest BCUT2D eigenvalue weighted by Gasteiger charge is -2.39. The maximum atomic E-state index is 13.0. The van der Waals surface area contributed by atoms with E-state index in [2.05, 4.69) is 73.8 Å². The first-order valence-electron chi connectivity index (χ1n) is 14.2. The summed E-state index contributed by atoms with van der Waals surface area (Å²) in [5.74, 6) is 0.270. The predicted molar refractivity (Wildman–Crippen MR) is 159 cm³/mol. The Labute approximate surface area is 232 Å². The monoisotopic (exact) mass is 512 g/mol. The molecule has 0 N–H and O–H groups in total. The molecule has 0 amide bonds. The van der Waals surface area contributed by atoms with Crippen LogP contribution in [0.5, 0.6) is 5.75 Å². The molecule has 3 aliphatic rings. The molecule has 1 aliphatic heterocycles. The van der Waals surface area contributed by atoms with Crippen molar-refractivity contribution in [2.24, 2.45) is 0 Å². The molecule has 2 nitrogen and oxygen atoms in total. The van der Waals surface area contributed by atoms with E-state index < -0.39 is 5.92 Å². The minimum Gasteiger partial charge on any atom is -0.425 e. The highest BCUT2D eigenvalue weighted by Gasteiger charge is 2.41. The number of hydrogen-bond donors (Lipinski definition) is 0. The van der Waals surface area contributed by atoms with Crippen LogP contribution in [0.15, 0.2) is 115 Å². The summed E-state index contributed by atoms with van der Waals surface area (Å²) in [5.41, 5.74) is 9.83. The van der Waals surface area contributed by atoms with Crippen molar-refractivity contribution in [3.63, 3.8) is 0 Å². The predicted octanol–water partition coefficient (Wildman–Crippen LogP) is 8.87. The number of fused-ring (bicyclic) bond motifs is 2. The van der Waals surface area contributed by atoms with Crippen LogP contribution >= 0.6 is 0 Å². The molecule has 2 unspecified atom stereocenters. The summed E-state index contributed by atoms with van der Waals surface area (Å²) < 4.78 is 5.75. The Morgan fingerprint density at radius 2 is 1.67 bits per heavy atom. The fraction of sp³-hybridized carbons (Fsp3) is 0.270. The molecule has 3 aromatic carbocycles. The van der Waals surface area contributed by atoms with Gasteiger partial charge in [-0.1, -0.05) is 117 Å². The molecule has 1 fully saturated rings. The van der Waals surface area contributed by atoms with E-state index in [0.717, 1.165) is 30.4 Å². The van der Waals surface area contributed by atoms with E-state index in [9.17, 15) is 4.79 Å². The lowest BCUT2D eigenvalue weighted by Crippen LogP contribution is -2.31. The molecule has 2 atom stereocenters. The van der Waals surface area contributed by atoms with Crippen molar-refractivity contribution >= 4 is 5.97 Å². The zero-order chi connectivity index (χ0) is 27.0. The number of allylic oxidation sites excluding steroid dienone is 5. The second-order valence-electron chi connectivity index (χ2n) is 11.2. The maximum absolute atomic E-state index is 13.0. The quantitative estimate of drug-likeness (QED) is 0.143. The molecule has 0 bridgehead atoms. The fourth-order valence-electron chi connectivity index (χ4n) is 7.20. The Morgan fingerprint density at radius 1 is 0.949 bits per heavy atom. The van der Waals surface area contributed by atoms with E-state index in [0.29, 0.717) is 5.75 Å². The van der Waals surface area contributed by atoms with Crippen LogP contribution in [0.1, 0.15) is 84.2 Å². The summed E-state index contributed by atoms with van der Waals surface area (Å²) in [5, 5.41) is 0. The number of rotatable bonds is 6. The van der Waals surface area contributed by atoms with Crippen LogP contribution in [0.3, 0.4) is 0 Å². The third-order valence-electron chi connectivity index (χ3n) is 9.00. The summed E-state index contributed by atoms with van der Waals surface area (Å²) in [6.45, 7) is 10.3. The first-order valence-corrected chi connectivity index (χ1v) is 14.2. The summed E-state index contributed by atoms with van der Waals surface area (Å²) in [6.07, 6.45) is 14.4. The average molecular weight is 513 g/mol. The molecule has 196 valence electrons. The van der Waals surface area contributed by atoms with Gasteiger partial charge in [-0.05, 0) is 71.7 Å². The lowest BCUT2D eigenvalue weighted by atomic mass is 9.64. The van der Waals surface area contributed by atoms with Crippen molar-refractivity contribution in [1.29, 1.82) is 0 Å². The van der Waals surface area contributed by atoms with Gasteiger partial charge in [0.25, 0.3) is 0 Å². The standard InChI is InChI=1S/C37H36O2/c1-4-12-26(13-5-2)35-32-24-30(18-19-33(32)39-36(35)38)37(20-10-7-11-21-37)29-17-16-28-22-25(3)34(31(28)23-29)27-14-8-6-9-15-27/h4-6,8-9,12-19,23-24,34-35H,1,3,7,10-11,20-22H2,2H3/b13-5-,26-12+. The van der Waals surface area contributed by atoms with Crippen LogP contribution < -0.4 is 4.74 Å². The van der Waals surface area contributed by atoms with Crippen molar-refractivity contribution in [1.82, 2.24) is 0 Å². The molecule has 1 saturated carbocycles. The number of carbonyl (C=O) groups excluding carboxylic acids is 1. The minimum atomic E-state index is -0.430. The molecule has 2 heteroatoms. The molecule has 0 aromatic heterocycles. The fourth-order valence-corrected chi connectivity index (χ4v) is 7.20. The van der Waals surface area contributed by atoms with Gasteiger partial charge in [-0.15, -0.1) is 0 Å². The van der Waals surface area contributed by atoms with Gasteiger partial charge in [-0.3, -0.25) is 4.79 Å². The SMILES string of the molecule is C=C/C=C(\C=C/C)C1C(=O)Oc2ccc(C3(c4ccc5c(c4)C(c4ccccc4)C(=C)C5)CCCCC3)cc21. The van der Waals surface area contributed by atoms with Gasteiger partial charge in [0.1, 0.15) is 11.7 Å². The largest absolute Gasteiger partial charge is 0.425 e. The Bertz CT molecular complexity index is 1500. The highest BCUT2D eigenvalue weighted by Crippen LogP contribution is 2.50. The van der Waals surface area contributed by atoms with Crippen molar-refractivity contribution in [3.05, 3.63) is 149 Å². The number of hydrogen-bond acceptors (Lipinski definition) is 2.